The van der Waals surface area contributed by atoms with Crippen LogP contribution in [0.2, 0.25) is 0 Å². The van der Waals surface area contributed by atoms with Crippen LogP contribution in [0.15, 0.2) is 30.5 Å². The van der Waals surface area contributed by atoms with E-state index < -0.39 is 17.5 Å². The zero-order valence-electron chi connectivity index (χ0n) is 18.2. The van der Waals surface area contributed by atoms with Gasteiger partial charge in [0.25, 0.3) is 0 Å². The number of rotatable bonds is 7. The van der Waals surface area contributed by atoms with Crippen molar-refractivity contribution in [1.29, 1.82) is 0 Å². The van der Waals surface area contributed by atoms with Crippen molar-refractivity contribution in [2.75, 3.05) is 19.5 Å². The highest BCUT2D eigenvalue weighted by molar-refractivity contribution is 7.19. The second kappa shape index (κ2) is 9.38. The molecule has 0 unspecified atom stereocenters. The zero-order valence-corrected chi connectivity index (χ0v) is 19.0. The third kappa shape index (κ3) is 5.75. The van der Waals surface area contributed by atoms with Crippen molar-refractivity contribution in [2.24, 2.45) is 0 Å². The molecule has 0 saturated heterocycles. The van der Waals surface area contributed by atoms with Gasteiger partial charge in [0.15, 0.2) is 11.6 Å². The number of aromatic nitrogens is 1. The molecule has 7 nitrogen and oxygen atoms in total. The van der Waals surface area contributed by atoms with Crippen molar-refractivity contribution in [3.8, 4) is 11.5 Å². The molecule has 2 N–H and O–H groups in total. The van der Waals surface area contributed by atoms with Crippen LogP contribution < -0.4 is 20.1 Å². The molecular weight excluding hydrogens is 421 g/mol. The summed E-state index contributed by atoms with van der Waals surface area (Å²) in [6.07, 6.45) is 1.10. The summed E-state index contributed by atoms with van der Waals surface area (Å²) in [4.78, 5) is 16.8. The van der Waals surface area contributed by atoms with Crippen LogP contribution in [0.25, 0.3) is 10.1 Å². The molecule has 3 aromatic rings. The third-order valence-corrected chi connectivity index (χ3v) is 5.44. The van der Waals surface area contributed by atoms with Crippen molar-refractivity contribution in [2.45, 2.75) is 39.5 Å². The molecule has 0 bridgehead atoms. The Morgan fingerprint density at radius 2 is 1.94 bits per heavy atom. The minimum absolute atomic E-state index is 0.152. The Hall–Kier alpha value is -3.07. The smallest absolute Gasteiger partial charge is 0.407 e. The number of alkyl carbamates (subject to hydrolysis) is 1. The summed E-state index contributed by atoms with van der Waals surface area (Å²) in [7, 11) is 3.15. The number of carbonyl (C=O) groups is 1. The number of carbonyl (C=O) groups excluding carboxylic acids is 1. The van der Waals surface area contributed by atoms with Gasteiger partial charge in [0.05, 0.1) is 25.5 Å². The lowest BCUT2D eigenvalue weighted by Gasteiger charge is -2.19. The standard InChI is InChI=1S/C22H26FN3O4S/c1-22(2,3)30-21(27)26-12-16-8-14-11-25-20(18(23)19(14)31-16)24-10-13-6-7-15(28-4)9-17(13)29-5/h6-9,11H,10,12H2,1-5H3,(H,24,25)(H,26,27). The van der Waals surface area contributed by atoms with Crippen molar-refractivity contribution in [3.63, 3.8) is 0 Å². The molecule has 2 heterocycles. The molecule has 0 aliphatic carbocycles. The number of nitrogens with zero attached hydrogens (tertiary/aromatic N) is 1. The van der Waals surface area contributed by atoms with E-state index in [4.69, 9.17) is 14.2 Å². The monoisotopic (exact) mass is 447 g/mol. The first-order valence-electron chi connectivity index (χ1n) is 9.68. The highest BCUT2D eigenvalue weighted by atomic mass is 32.1. The summed E-state index contributed by atoms with van der Waals surface area (Å²) in [6, 6.07) is 7.25. The maximum Gasteiger partial charge on any atom is 0.407 e. The lowest BCUT2D eigenvalue weighted by atomic mass is 10.2. The van der Waals surface area contributed by atoms with Crippen LogP contribution in [0.1, 0.15) is 31.2 Å². The number of hydrogen-bond donors (Lipinski definition) is 2. The molecule has 2 aromatic heterocycles. The summed E-state index contributed by atoms with van der Waals surface area (Å²) in [5, 5.41) is 6.39. The van der Waals surface area contributed by atoms with E-state index >= 15 is 4.39 Å². The third-order valence-electron chi connectivity index (χ3n) is 4.30. The van der Waals surface area contributed by atoms with E-state index in [0.717, 1.165) is 10.4 Å². The summed E-state index contributed by atoms with van der Waals surface area (Å²) < 4.78 is 31.3. The van der Waals surface area contributed by atoms with Gasteiger partial charge in [-0.1, -0.05) is 0 Å². The van der Waals surface area contributed by atoms with Gasteiger partial charge in [-0.05, 0) is 39.0 Å². The van der Waals surface area contributed by atoms with E-state index in [1.807, 2.05) is 18.2 Å². The van der Waals surface area contributed by atoms with E-state index in [1.54, 1.807) is 47.3 Å². The van der Waals surface area contributed by atoms with Crippen molar-refractivity contribution in [3.05, 3.63) is 46.7 Å². The Morgan fingerprint density at radius 1 is 1.16 bits per heavy atom. The molecule has 0 aliphatic heterocycles. The first-order valence-corrected chi connectivity index (χ1v) is 10.5. The number of ether oxygens (including phenoxy) is 3. The number of anilines is 1. The molecule has 0 fully saturated rings. The van der Waals surface area contributed by atoms with Gasteiger partial charge in [0.1, 0.15) is 17.1 Å². The van der Waals surface area contributed by atoms with E-state index in [-0.39, 0.29) is 12.4 Å². The zero-order chi connectivity index (χ0) is 22.6. The molecule has 0 aliphatic rings. The predicted octanol–water partition coefficient (Wildman–Crippen LogP) is 5.09. The van der Waals surface area contributed by atoms with E-state index in [1.165, 1.54) is 11.3 Å². The minimum atomic E-state index is -0.576. The molecule has 1 aromatic carbocycles. The van der Waals surface area contributed by atoms with Crippen molar-refractivity contribution < 1.29 is 23.4 Å². The Bertz CT molecular complexity index is 1080. The Labute approximate surface area is 184 Å². The average Bonchev–Trinajstić information content (AvgIpc) is 3.14. The molecule has 0 saturated carbocycles. The summed E-state index contributed by atoms with van der Waals surface area (Å²) in [6.45, 7) is 5.97. The second-order valence-corrected chi connectivity index (χ2v) is 8.94. The fourth-order valence-electron chi connectivity index (χ4n) is 2.88. The number of fused-ring (bicyclic) bond motifs is 1. The summed E-state index contributed by atoms with van der Waals surface area (Å²) >= 11 is 1.27. The molecular formula is C22H26FN3O4S. The van der Waals surface area contributed by atoms with Gasteiger partial charge in [0, 0.05) is 34.6 Å². The van der Waals surface area contributed by atoms with Crippen LogP contribution in [0, 0.1) is 5.82 Å². The largest absolute Gasteiger partial charge is 0.497 e. The maximum atomic E-state index is 15.0. The van der Waals surface area contributed by atoms with Gasteiger partial charge in [-0.2, -0.15) is 0 Å². The number of nitrogens with one attached hydrogen (secondary N) is 2. The summed E-state index contributed by atoms with van der Waals surface area (Å²) in [5.74, 6) is 1.04. The quantitative estimate of drug-likeness (QED) is 0.525. The van der Waals surface area contributed by atoms with E-state index in [0.29, 0.717) is 28.1 Å². The normalized spacial score (nSPS) is 11.3. The number of methoxy groups -OCH3 is 2. The van der Waals surface area contributed by atoms with Gasteiger partial charge in [-0.25, -0.2) is 14.2 Å². The molecule has 3 rings (SSSR count). The van der Waals surface area contributed by atoms with Gasteiger partial charge in [0.2, 0.25) is 0 Å². The van der Waals surface area contributed by atoms with Gasteiger partial charge < -0.3 is 24.8 Å². The first-order chi connectivity index (χ1) is 14.7. The lowest BCUT2D eigenvalue weighted by Crippen LogP contribution is -2.31. The van der Waals surface area contributed by atoms with Gasteiger partial charge in [-0.3, -0.25) is 0 Å². The highest BCUT2D eigenvalue weighted by Crippen LogP contribution is 2.31. The second-order valence-electron chi connectivity index (χ2n) is 7.80. The van der Waals surface area contributed by atoms with E-state index in [9.17, 15) is 4.79 Å². The van der Waals surface area contributed by atoms with Crippen LogP contribution in [0.3, 0.4) is 0 Å². The highest BCUT2D eigenvalue weighted by Gasteiger charge is 2.17. The molecule has 0 spiro atoms. The topological polar surface area (TPSA) is 81.7 Å². The van der Waals surface area contributed by atoms with E-state index in [2.05, 4.69) is 15.6 Å². The van der Waals surface area contributed by atoms with Crippen LogP contribution in [-0.2, 0) is 17.8 Å². The number of pyridine rings is 1. The molecule has 0 radical (unpaired) electrons. The van der Waals surface area contributed by atoms with Gasteiger partial charge in [-0.15, -0.1) is 11.3 Å². The van der Waals surface area contributed by atoms with Crippen LogP contribution in [-0.4, -0.2) is 30.9 Å². The van der Waals surface area contributed by atoms with Crippen LogP contribution >= 0.6 is 11.3 Å². The number of hydrogen-bond acceptors (Lipinski definition) is 7. The molecule has 0 atom stereocenters. The number of halogens is 1. The lowest BCUT2D eigenvalue weighted by molar-refractivity contribution is 0.0524. The first kappa shape index (κ1) is 22.6. The molecule has 166 valence electrons. The van der Waals surface area contributed by atoms with Crippen LogP contribution in [0.4, 0.5) is 15.0 Å². The van der Waals surface area contributed by atoms with Crippen molar-refractivity contribution >= 4 is 33.3 Å². The minimum Gasteiger partial charge on any atom is -0.497 e. The fraction of sp³-hybridized carbons (Fsp3) is 0.364. The maximum absolute atomic E-state index is 15.0. The fourth-order valence-corrected chi connectivity index (χ4v) is 3.89. The number of amides is 1. The molecule has 1 amide bonds. The number of benzene rings is 1. The SMILES string of the molecule is COc1ccc(CNc2ncc3cc(CNC(=O)OC(C)(C)C)sc3c2F)c(OC)c1. The predicted molar refractivity (Wildman–Crippen MR) is 120 cm³/mol. The van der Waals surface area contributed by atoms with Crippen LogP contribution in [0.5, 0.6) is 11.5 Å². The Kier molecular flexibility index (Phi) is 6.84. The average molecular weight is 448 g/mol. The van der Waals surface area contributed by atoms with Crippen molar-refractivity contribution in [1.82, 2.24) is 10.3 Å². The summed E-state index contributed by atoms with van der Waals surface area (Å²) in [5.41, 5.74) is 0.269. The Morgan fingerprint density at radius 3 is 2.61 bits per heavy atom. The molecule has 9 heteroatoms. The van der Waals surface area contributed by atoms with Gasteiger partial charge >= 0.3 is 6.09 Å². The molecule has 31 heavy (non-hydrogen) atoms. The Balaban J connectivity index is 1.71. The number of thiophene rings is 1.